The quantitative estimate of drug-likeness (QED) is 0.304. The summed E-state index contributed by atoms with van der Waals surface area (Å²) < 4.78 is 12.0. The largest absolute Gasteiger partial charge is 0.372 e. The number of aryl methyl sites for hydroxylation is 1. The molecule has 0 bridgehead atoms. The number of fused-ring (bicyclic) bond motifs is 1. The summed E-state index contributed by atoms with van der Waals surface area (Å²) in [6.07, 6.45) is 0. The standard InChI is InChI=1S/C20H19BrN2O3S/c1-12-13(2)26-22-20(12)23(24)27-19-6-4-3-5-16(19)15-8-7-14(9-21)17-10-25-11-18(15)17/h3-8,24H,9-11H2,1-2H3. The lowest BCUT2D eigenvalue weighted by Gasteiger charge is -2.17. The molecule has 0 atom stereocenters. The molecule has 140 valence electrons. The van der Waals surface area contributed by atoms with Crippen LogP contribution in [0.15, 0.2) is 45.8 Å². The van der Waals surface area contributed by atoms with Gasteiger partial charge in [0, 0.05) is 27.7 Å². The van der Waals surface area contributed by atoms with Crippen LogP contribution in [0.25, 0.3) is 11.1 Å². The van der Waals surface area contributed by atoms with E-state index in [1.165, 1.54) is 28.6 Å². The van der Waals surface area contributed by atoms with Crippen LogP contribution in [0.1, 0.15) is 28.0 Å². The average Bonchev–Trinajstić information content (AvgIpc) is 3.29. The van der Waals surface area contributed by atoms with Gasteiger partial charge >= 0.3 is 0 Å². The molecule has 27 heavy (non-hydrogen) atoms. The molecular formula is C20H19BrN2O3S. The van der Waals surface area contributed by atoms with Crippen molar-refractivity contribution in [1.82, 2.24) is 5.16 Å². The van der Waals surface area contributed by atoms with Gasteiger partial charge in [0.05, 0.1) is 13.2 Å². The number of anilines is 1. The van der Waals surface area contributed by atoms with E-state index in [9.17, 15) is 5.21 Å². The first-order chi connectivity index (χ1) is 13.1. The van der Waals surface area contributed by atoms with Crippen molar-refractivity contribution in [2.45, 2.75) is 37.3 Å². The minimum absolute atomic E-state index is 0.413. The number of rotatable bonds is 5. The summed E-state index contributed by atoms with van der Waals surface area (Å²) in [4.78, 5) is 0.931. The Kier molecular flexibility index (Phi) is 5.27. The maximum Gasteiger partial charge on any atom is 0.210 e. The molecule has 2 aromatic carbocycles. The van der Waals surface area contributed by atoms with Gasteiger partial charge in [-0.25, -0.2) is 0 Å². The first kappa shape index (κ1) is 18.6. The molecule has 2 heterocycles. The van der Waals surface area contributed by atoms with Crippen LogP contribution >= 0.6 is 27.9 Å². The van der Waals surface area contributed by atoms with Crippen molar-refractivity contribution in [3.63, 3.8) is 0 Å². The lowest BCUT2D eigenvalue weighted by molar-refractivity contribution is 0.134. The third-order valence-electron chi connectivity index (χ3n) is 4.84. The van der Waals surface area contributed by atoms with Crippen LogP contribution in [0.3, 0.4) is 0 Å². The number of ether oxygens (including phenoxy) is 1. The lowest BCUT2D eigenvalue weighted by atomic mass is 9.94. The predicted molar refractivity (Wildman–Crippen MR) is 109 cm³/mol. The normalized spacial score (nSPS) is 13.0. The first-order valence-corrected chi connectivity index (χ1v) is 10.5. The van der Waals surface area contributed by atoms with Crippen molar-refractivity contribution in [2.75, 3.05) is 4.47 Å². The molecule has 0 saturated heterocycles. The van der Waals surface area contributed by atoms with Crippen LogP contribution in [0.4, 0.5) is 5.82 Å². The maximum absolute atomic E-state index is 10.6. The van der Waals surface area contributed by atoms with E-state index in [1.54, 1.807) is 0 Å². The first-order valence-electron chi connectivity index (χ1n) is 8.56. The molecule has 1 aliphatic rings. The van der Waals surface area contributed by atoms with Crippen molar-refractivity contribution in [3.8, 4) is 11.1 Å². The molecule has 5 nitrogen and oxygen atoms in total. The number of nitrogens with zero attached hydrogens (tertiary/aromatic N) is 2. The predicted octanol–water partition coefficient (Wildman–Crippen LogP) is 5.79. The summed E-state index contributed by atoms with van der Waals surface area (Å²) in [5, 5.41) is 15.3. The minimum Gasteiger partial charge on any atom is -0.372 e. The Balaban J connectivity index is 1.73. The van der Waals surface area contributed by atoms with Crippen molar-refractivity contribution in [2.24, 2.45) is 0 Å². The molecule has 0 spiro atoms. The third kappa shape index (κ3) is 3.40. The van der Waals surface area contributed by atoms with E-state index in [0.29, 0.717) is 24.8 Å². The molecule has 0 amide bonds. The minimum atomic E-state index is 0.413. The Morgan fingerprint density at radius 1 is 1.11 bits per heavy atom. The highest BCUT2D eigenvalue weighted by Gasteiger charge is 2.22. The van der Waals surface area contributed by atoms with Crippen molar-refractivity contribution in [1.29, 1.82) is 0 Å². The molecule has 1 N–H and O–H groups in total. The zero-order chi connectivity index (χ0) is 19.0. The Labute approximate surface area is 170 Å². The Hall–Kier alpha value is -1.80. The summed E-state index contributed by atoms with van der Waals surface area (Å²) in [7, 11) is 0. The highest BCUT2D eigenvalue weighted by molar-refractivity contribution is 9.08. The zero-order valence-corrected chi connectivity index (χ0v) is 17.4. The highest BCUT2D eigenvalue weighted by Crippen LogP contribution is 2.40. The molecule has 1 aliphatic heterocycles. The number of benzene rings is 2. The molecule has 3 aromatic rings. The molecule has 4 rings (SSSR count). The van der Waals surface area contributed by atoms with E-state index < -0.39 is 0 Å². The second kappa shape index (κ2) is 7.67. The average molecular weight is 447 g/mol. The Morgan fingerprint density at radius 3 is 2.63 bits per heavy atom. The fourth-order valence-corrected chi connectivity index (χ4v) is 4.59. The van der Waals surface area contributed by atoms with Gasteiger partial charge in [-0.1, -0.05) is 51.4 Å². The van der Waals surface area contributed by atoms with Gasteiger partial charge in [-0.3, -0.25) is 5.21 Å². The zero-order valence-electron chi connectivity index (χ0n) is 15.0. The van der Waals surface area contributed by atoms with E-state index in [2.05, 4.69) is 39.3 Å². The number of hydrogen-bond donors (Lipinski definition) is 1. The molecular weight excluding hydrogens is 428 g/mol. The van der Waals surface area contributed by atoms with Gasteiger partial charge < -0.3 is 9.26 Å². The smallest absolute Gasteiger partial charge is 0.210 e. The van der Waals surface area contributed by atoms with E-state index in [-0.39, 0.29) is 0 Å². The van der Waals surface area contributed by atoms with E-state index in [1.807, 2.05) is 32.0 Å². The SMILES string of the molecule is Cc1onc(N(O)Sc2ccccc2-c2ccc(CBr)c3c2COC3)c1C. The monoisotopic (exact) mass is 446 g/mol. The second-order valence-electron chi connectivity index (χ2n) is 6.40. The summed E-state index contributed by atoms with van der Waals surface area (Å²) in [5.74, 6) is 1.11. The molecule has 0 fully saturated rings. The van der Waals surface area contributed by atoms with Crippen molar-refractivity contribution >= 4 is 33.7 Å². The second-order valence-corrected chi connectivity index (χ2v) is 7.93. The molecule has 0 saturated carbocycles. The third-order valence-corrected chi connectivity index (χ3v) is 6.34. The number of halogens is 1. The summed E-state index contributed by atoms with van der Waals surface area (Å²) in [6.45, 7) is 4.95. The summed E-state index contributed by atoms with van der Waals surface area (Å²) in [5.41, 5.74) is 6.75. The molecule has 0 radical (unpaired) electrons. The summed E-state index contributed by atoms with van der Waals surface area (Å²) >= 11 is 4.78. The summed E-state index contributed by atoms with van der Waals surface area (Å²) in [6, 6.07) is 12.3. The van der Waals surface area contributed by atoms with Crippen molar-refractivity contribution in [3.05, 3.63) is 64.4 Å². The van der Waals surface area contributed by atoms with Gasteiger partial charge in [-0.05, 0) is 47.7 Å². The topological polar surface area (TPSA) is 58.7 Å². The van der Waals surface area contributed by atoms with Gasteiger partial charge in [-0.15, -0.1) is 0 Å². The van der Waals surface area contributed by atoms with Crippen LogP contribution in [0.2, 0.25) is 0 Å². The van der Waals surface area contributed by atoms with Crippen LogP contribution in [0.5, 0.6) is 0 Å². The molecule has 0 aliphatic carbocycles. The van der Waals surface area contributed by atoms with Crippen LogP contribution in [-0.4, -0.2) is 10.4 Å². The Morgan fingerprint density at radius 2 is 1.89 bits per heavy atom. The number of hydrogen-bond acceptors (Lipinski definition) is 6. The van der Waals surface area contributed by atoms with Crippen LogP contribution in [0, 0.1) is 13.8 Å². The van der Waals surface area contributed by atoms with Gasteiger partial charge in [0.15, 0.2) is 0 Å². The van der Waals surface area contributed by atoms with Crippen molar-refractivity contribution < 1.29 is 14.5 Å². The molecule has 1 aromatic heterocycles. The van der Waals surface area contributed by atoms with Gasteiger partial charge in [0.2, 0.25) is 5.82 Å². The maximum atomic E-state index is 10.6. The van der Waals surface area contributed by atoms with Crippen LogP contribution in [-0.2, 0) is 23.3 Å². The van der Waals surface area contributed by atoms with E-state index in [0.717, 1.165) is 31.4 Å². The Bertz CT molecular complexity index is 989. The van der Waals surface area contributed by atoms with Gasteiger partial charge in [-0.2, -0.15) is 4.47 Å². The number of alkyl halides is 1. The lowest BCUT2D eigenvalue weighted by Crippen LogP contribution is -2.09. The van der Waals surface area contributed by atoms with Gasteiger partial charge in [0.1, 0.15) is 5.76 Å². The van der Waals surface area contributed by atoms with Crippen LogP contribution < -0.4 is 4.47 Å². The van der Waals surface area contributed by atoms with E-state index >= 15 is 0 Å². The fraction of sp³-hybridized carbons (Fsp3) is 0.250. The number of aromatic nitrogens is 1. The molecule has 7 heteroatoms. The van der Waals surface area contributed by atoms with E-state index in [4.69, 9.17) is 9.26 Å². The van der Waals surface area contributed by atoms with Gasteiger partial charge in [0.25, 0.3) is 0 Å². The fourth-order valence-electron chi connectivity index (χ4n) is 3.21. The highest BCUT2D eigenvalue weighted by atomic mass is 79.9. The molecule has 0 unspecified atom stereocenters.